The molecule has 90 valence electrons. The summed E-state index contributed by atoms with van der Waals surface area (Å²) in [6.07, 6.45) is -0.508. The first-order valence-corrected chi connectivity index (χ1v) is 4.99. The van der Waals surface area contributed by atoms with Crippen LogP contribution < -0.4 is 5.32 Å². The van der Waals surface area contributed by atoms with Crippen molar-refractivity contribution < 1.29 is 19.4 Å². The molecule has 1 rings (SSSR count). The predicted octanol–water partition coefficient (Wildman–Crippen LogP) is 2.27. The quantitative estimate of drug-likeness (QED) is 0.767. The van der Waals surface area contributed by atoms with Gasteiger partial charge in [0.25, 0.3) is 0 Å². The summed E-state index contributed by atoms with van der Waals surface area (Å²) in [5.41, 5.74) is 0.632. The second-order valence-corrected chi connectivity index (χ2v) is 3.29. The van der Waals surface area contributed by atoms with Gasteiger partial charge < -0.3 is 9.84 Å². The van der Waals surface area contributed by atoms with E-state index in [1.165, 1.54) is 0 Å². The average molecular weight is 235 g/mol. The number of carboxylic acids is 1. The molecule has 0 heterocycles. The van der Waals surface area contributed by atoms with E-state index in [0.29, 0.717) is 5.69 Å². The zero-order valence-electron chi connectivity index (χ0n) is 9.18. The summed E-state index contributed by atoms with van der Waals surface area (Å²) < 4.78 is 4.79. The van der Waals surface area contributed by atoms with Crippen LogP contribution in [-0.2, 0) is 9.53 Å². The van der Waals surface area contributed by atoms with Crippen molar-refractivity contribution in [1.82, 2.24) is 0 Å². The maximum atomic E-state index is 11.3. The first kappa shape index (κ1) is 12.8. The molecule has 1 aromatic rings. The van der Waals surface area contributed by atoms with E-state index in [-0.39, 0.29) is 18.6 Å². The minimum Gasteiger partial charge on any atom is -0.478 e. The van der Waals surface area contributed by atoms with E-state index in [4.69, 9.17) is 9.84 Å². The van der Waals surface area contributed by atoms with Gasteiger partial charge in [-0.25, -0.2) is 9.59 Å². The zero-order chi connectivity index (χ0) is 12.7. The number of aliphatic carboxylic acids is 1. The standard InChI is InChI=1S/C12H13NO4/c1-9(11(14)15)7-8-17-12(16)13-10-5-3-2-4-6-10/h2-6H,1,7-8H2,(H,13,16)(H,14,15). The van der Waals surface area contributed by atoms with Crippen molar-refractivity contribution in [3.05, 3.63) is 42.5 Å². The molecule has 0 saturated carbocycles. The van der Waals surface area contributed by atoms with Gasteiger partial charge in [-0.3, -0.25) is 5.32 Å². The monoisotopic (exact) mass is 235 g/mol. The highest BCUT2D eigenvalue weighted by Crippen LogP contribution is 2.06. The van der Waals surface area contributed by atoms with E-state index >= 15 is 0 Å². The molecule has 0 unspecified atom stereocenters. The topological polar surface area (TPSA) is 75.6 Å². The highest BCUT2D eigenvalue weighted by atomic mass is 16.5. The summed E-state index contributed by atoms with van der Waals surface area (Å²) >= 11 is 0. The molecule has 0 aliphatic rings. The van der Waals surface area contributed by atoms with Crippen LogP contribution in [0.15, 0.2) is 42.5 Å². The van der Waals surface area contributed by atoms with Crippen LogP contribution in [0.3, 0.4) is 0 Å². The molecule has 0 spiro atoms. The molecule has 1 amide bonds. The lowest BCUT2D eigenvalue weighted by Gasteiger charge is -2.06. The molecule has 0 saturated heterocycles. The van der Waals surface area contributed by atoms with Gasteiger partial charge in [0, 0.05) is 17.7 Å². The van der Waals surface area contributed by atoms with E-state index < -0.39 is 12.1 Å². The largest absolute Gasteiger partial charge is 0.478 e. The third kappa shape index (κ3) is 4.83. The Morgan fingerprint density at radius 3 is 2.53 bits per heavy atom. The first-order chi connectivity index (χ1) is 8.09. The van der Waals surface area contributed by atoms with Crippen molar-refractivity contribution in [1.29, 1.82) is 0 Å². The van der Waals surface area contributed by atoms with Gasteiger partial charge in [-0.15, -0.1) is 0 Å². The van der Waals surface area contributed by atoms with Gasteiger partial charge in [-0.05, 0) is 12.1 Å². The van der Waals surface area contributed by atoms with Crippen molar-refractivity contribution in [3.8, 4) is 0 Å². The molecule has 1 aromatic carbocycles. The number of ether oxygens (including phenoxy) is 1. The van der Waals surface area contributed by atoms with E-state index in [1.54, 1.807) is 24.3 Å². The third-order valence-electron chi connectivity index (χ3n) is 1.96. The SMILES string of the molecule is C=C(CCOC(=O)Nc1ccccc1)C(=O)O. The fraction of sp³-hybridized carbons (Fsp3) is 0.167. The lowest BCUT2D eigenvalue weighted by atomic mass is 10.2. The Balaban J connectivity index is 2.27. The molecule has 0 fully saturated rings. The Labute approximate surface area is 98.7 Å². The number of para-hydroxylation sites is 1. The maximum Gasteiger partial charge on any atom is 0.411 e. The van der Waals surface area contributed by atoms with Crippen LogP contribution in [0.5, 0.6) is 0 Å². The molecule has 0 atom stereocenters. The van der Waals surface area contributed by atoms with Crippen LogP contribution in [0.1, 0.15) is 6.42 Å². The minimum absolute atomic E-state index is 0.0101. The number of hydrogen-bond acceptors (Lipinski definition) is 3. The van der Waals surface area contributed by atoms with Gasteiger partial charge in [0.15, 0.2) is 0 Å². The van der Waals surface area contributed by atoms with Gasteiger partial charge in [-0.2, -0.15) is 0 Å². The second kappa shape index (κ2) is 6.32. The van der Waals surface area contributed by atoms with Crippen LogP contribution in [-0.4, -0.2) is 23.8 Å². The number of amides is 1. The lowest BCUT2D eigenvalue weighted by molar-refractivity contribution is -0.132. The average Bonchev–Trinajstić information content (AvgIpc) is 2.30. The maximum absolute atomic E-state index is 11.3. The van der Waals surface area contributed by atoms with E-state index in [0.717, 1.165) is 0 Å². The second-order valence-electron chi connectivity index (χ2n) is 3.29. The fourth-order valence-electron chi connectivity index (χ4n) is 1.05. The highest BCUT2D eigenvalue weighted by Gasteiger charge is 2.06. The molecular weight excluding hydrogens is 222 g/mol. The van der Waals surface area contributed by atoms with Crippen LogP contribution >= 0.6 is 0 Å². The molecule has 0 aliphatic heterocycles. The Kier molecular flexibility index (Phi) is 4.75. The highest BCUT2D eigenvalue weighted by molar-refractivity contribution is 5.86. The van der Waals surface area contributed by atoms with E-state index in [9.17, 15) is 9.59 Å². The fourth-order valence-corrected chi connectivity index (χ4v) is 1.05. The van der Waals surface area contributed by atoms with Gasteiger partial charge in [0.05, 0.1) is 6.61 Å². The number of nitrogens with one attached hydrogen (secondary N) is 1. The summed E-state index contributed by atoms with van der Waals surface area (Å²) in [5, 5.41) is 11.0. The number of anilines is 1. The molecule has 17 heavy (non-hydrogen) atoms. The number of benzene rings is 1. The Morgan fingerprint density at radius 2 is 1.94 bits per heavy atom. The van der Waals surface area contributed by atoms with Gasteiger partial charge >= 0.3 is 12.1 Å². The predicted molar refractivity (Wildman–Crippen MR) is 62.8 cm³/mol. The van der Waals surface area contributed by atoms with Crippen LogP contribution in [0.25, 0.3) is 0 Å². The smallest absolute Gasteiger partial charge is 0.411 e. The molecule has 5 nitrogen and oxygen atoms in total. The number of carboxylic acid groups (broad SMARTS) is 1. The molecule has 0 aliphatic carbocycles. The summed E-state index contributed by atoms with van der Waals surface area (Å²) in [6.45, 7) is 3.31. The lowest BCUT2D eigenvalue weighted by Crippen LogP contribution is -2.15. The normalized spacial score (nSPS) is 9.41. The van der Waals surface area contributed by atoms with Crippen molar-refractivity contribution in [3.63, 3.8) is 0 Å². The van der Waals surface area contributed by atoms with Gasteiger partial charge in [0.1, 0.15) is 0 Å². The van der Waals surface area contributed by atoms with Crippen molar-refractivity contribution >= 4 is 17.7 Å². The van der Waals surface area contributed by atoms with Crippen molar-refractivity contribution in [2.45, 2.75) is 6.42 Å². The first-order valence-electron chi connectivity index (χ1n) is 4.99. The molecule has 0 aromatic heterocycles. The molecular formula is C12H13NO4. The van der Waals surface area contributed by atoms with Crippen molar-refractivity contribution in [2.24, 2.45) is 0 Å². The van der Waals surface area contributed by atoms with E-state index in [1.807, 2.05) is 6.07 Å². The number of carbonyl (C=O) groups is 2. The van der Waals surface area contributed by atoms with Crippen molar-refractivity contribution in [2.75, 3.05) is 11.9 Å². The van der Waals surface area contributed by atoms with E-state index in [2.05, 4.69) is 11.9 Å². The minimum atomic E-state index is -1.09. The summed E-state index contributed by atoms with van der Waals surface area (Å²) in [4.78, 5) is 21.7. The summed E-state index contributed by atoms with van der Waals surface area (Å²) in [7, 11) is 0. The Bertz CT molecular complexity index is 414. The van der Waals surface area contributed by atoms with Crippen LogP contribution in [0, 0.1) is 0 Å². The number of carbonyl (C=O) groups excluding carboxylic acids is 1. The van der Waals surface area contributed by atoms with Gasteiger partial charge in [-0.1, -0.05) is 24.8 Å². The zero-order valence-corrected chi connectivity index (χ0v) is 9.18. The molecule has 0 bridgehead atoms. The Morgan fingerprint density at radius 1 is 1.29 bits per heavy atom. The van der Waals surface area contributed by atoms with Crippen LogP contribution in [0.2, 0.25) is 0 Å². The van der Waals surface area contributed by atoms with Gasteiger partial charge in [0.2, 0.25) is 0 Å². The summed E-state index contributed by atoms with van der Waals surface area (Å²) in [6, 6.07) is 8.83. The Hall–Kier alpha value is -2.30. The van der Waals surface area contributed by atoms with Crippen LogP contribution in [0.4, 0.5) is 10.5 Å². The number of rotatable bonds is 5. The molecule has 2 N–H and O–H groups in total. The summed E-state index contributed by atoms with van der Waals surface area (Å²) in [5.74, 6) is -1.09. The molecule has 5 heteroatoms. The molecule has 0 radical (unpaired) electrons. The third-order valence-corrected chi connectivity index (χ3v) is 1.96. The number of hydrogen-bond donors (Lipinski definition) is 2.